The summed E-state index contributed by atoms with van der Waals surface area (Å²) in [4.78, 5) is 23.0. The van der Waals surface area contributed by atoms with Crippen LogP contribution in [0.1, 0.15) is 25.0 Å². The standard InChI is InChI=1S/C19H17F6N3O4S/c1-10(28-33(31,32)16-5-3-14(4-6-16)26-11(2)29)17(30)27-15-8-12(18(20,21)22)7-13(9-15)19(23,24)25/h3-10,28H,1-2H3,(H,26,29)(H,27,30)/t10-/m0/s1. The van der Waals surface area contributed by atoms with Crippen molar-refractivity contribution in [3.05, 3.63) is 53.6 Å². The van der Waals surface area contributed by atoms with E-state index < -0.39 is 57.0 Å². The molecule has 0 aliphatic heterocycles. The van der Waals surface area contributed by atoms with Gasteiger partial charge in [-0.1, -0.05) is 0 Å². The van der Waals surface area contributed by atoms with Gasteiger partial charge < -0.3 is 10.6 Å². The van der Waals surface area contributed by atoms with E-state index in [1.165, 1.54) is 19.1 Å². The van der Waals surface area contributed by atoms with Crippen molar-refractivity contribution >= 4 is 33.2 Å². The fourth-order valence-electron chi connectivity index (χ4n) is 2.55. The van der Waals surface area contributed by atoms with Gasteiger partial charge in [-0.25, -0.2) is 8.42 Å². The Morgan fingerprint density at radius 1 is 0.818 bits per heavy atom. The molecule has 3 N–H and O–H groups in total. The molecule has 0 aliphatic rings. The lowest BCUT2D eigenvalue weighted by molar-refractivity contribution is -0.143. The predicted molar refractivity (Wildman–Crippen MR) is 106 cm³/mol. The lowest BCUT2D eigenvalue weighted by Gasteiger charge is -2.17. The molecule has 0 aromatic heterocycles. The van der Waals surface area contributed by atoms with Crippen LogP contribution in [0.15, 0.2) is 47.4 Å². The Bertz CT molecular complexity index is 1110. The summed E-state index contributed by atoms with van der Waals surface area (Å²) in [6.07, 6.45) is -10.2. The van der Waals surface area contributed by atoms with Crippen molar-refractivity contribution in [3.8, 4) is 0 Å². The molecule has 0 fully saturated rings. The summed E-state index contributed by atoms with van der Waals surface area (Å²) in [5.74, 6) is -1.59. The lowest BCUT2D eigenvalue weighted by Crippen LogP contribution is -2.41. The highest BCUT2D eigenvalue weighted by Crippen LogP contribution is 2.37. The number of benzene rings is 2. The summed E-state index contributed by atoms with van der Waals surface area (Å²) in [5, 5.41) is 4.28. The molecule has 0 bridgehead atoms. The molecule has 33 heavy (non-hydrogen) atoms. The van der Waals surface area contributed by atoms with E-state index in [0.717, 1.165) is 19.1 Å². The van der Waals surface area contributed by atoms with Gasteiger partial charge in [0.15, 0.2) is 0 Å². The smallest absolute Gasteiger partial charge is 0.326 e. The minimum Gasteiger partial charge on any atom is -0.326 e. The number of nitrogens with one attached hydrogen (secondary N) is 3. The molecule has 2 rings (SSSR count). The Labute approximate surface area is 184 Å². The minimum atomic E-state index is -5.11. The SMILES string of the molecule is CC(=O)Nc1ccc(S(=O)(=O)N[C@@H](C)C(=O)Nc2cc(C(F)(F)F)cc(C(F)(F)F)c2)cc1. The molecular formula is C19H17F6N3O4S. The molecule has 0 saturated carbocycles. The third-order valence-corrected chi connectivity index (χ3v) is 5.62. The summed E-state index contributed by atoms with van der Waals surface area (Å²) >= 11 is 0. The van der Waals surface area contributed by atoms with E-state index in [-0.39, 0.29) is 11.0 Å². The number of rotatable bonds is 6. The number of carbonyl (C=O) groups excluding carboxylic acids is 2. The van der Waals surface area contributed by atoms with Crippen LogP contribution in [0.4, 0.5) is 37.7 Å². The zero-order valence-corrected chi connectivity index (χ0v) is 17.7. The van der Waals surface area contributed by atoms with Crippen molar-refractivity contribution in [1.29, 1.82) is 0 Å². The fraction of sp³-hybridized carbons (Fsp3) is 0.263. The number of hydrogen-bond acceptors (Lipinski definition) is 4. The van der Waals surface area contributed by atoms with E-state index in [9.17, 15) is 44.3 Å². The molecule has 180 valence electrons. The highest BCUT2D eigenvalue weighted by molar-refractivity contribution is 7.89. The minimum absolute atomic E-state index is 0.105. The lowest BCUT2D eigenvalue weighted by atomic mass is 10.1. The van der Waals surface area contributed by atoms with Crippen molar-refractivity contribution in [2.24, 2.45) is 0 Å². The summed E-state index contributed by atoms with van der Waals surface area (Å²) in [6.45, 7) is 2.30. The van der Waals surface area contributed by atoms with Crippen LogP contribution in [0.2, 0.25) is 0 Å². The molecule has 7 nitrogen and oxygen atoms in total. The summed E-state index contributed by atoms with van der Waals surface area (Å²) in [7, 11) is -4.29. The van der Waals surface area contributed by atoms with E-state index in [2.05, 4.69) is 5.32 Å². The van der Waals surface area contributed by atoms with Gasteiger partial charge in [-0.15, -0.1) is 0 Å². The molecule has 0 radical (unpaired) electrons. The second kappa shape index (κ2) is 9.39. The maximum atomic E-state index is 12.9. The Morgan fingerprint density at radius 3 is 1.73 bits per heavy atom. The van der Waals surface area contributed by atoms with E-state index in [4.69, 9.17) is 0 Å². The zero-order chi connectivity index (χ0) is 25.2. The van der Waals surface area contributed by atoms with Crippen molar-refractivity contribution in [1.82, 2.24) is 4.72 Å². The van der Waals surface area contributed by atoms with Crippen LogP contribution in [-0.2, 0) is 32.0 Å². The molecule has 0 spiro atoms. The maximum absolute atomic E-state index is 12.9. The van der Waals surface area contributed by atoms with Crippen molar-refractivity contribution in [2.75, 3.05) is 10.6 Å². The van der Waals surface area contributed by atoms with Gasteiger partial charge in [0.05, 0.1) is 22.1 Å². The first-order valence-corrected chi connectivity index (χ1v) is 10.5. The summed E-state index contributed by atoms with van der Waals surface area (Å²) in [5.41, 5.74) is -3.79. The number of carbonyl (C=O) groups is 2. The normalized spacial score (nSPS) is 13.3. The Kier molecular flexibility index (Phi) is 7.43. The van der Waals surface area contributed by atoms with E-state index in [1.807, 2.05) is 10.0 Å². The van der Waals surface area contributed by atoms with Gasteiger partial charge in [0, 0.05) is 18.3 Å². The van der Waals surface area contributed by atoms with Gasteiger partial charge in [0.1, 0.15) is 0 Å². The van der Waals surface area contributed by atoms with Gasteiger partial charge in [0.2, 0.25) is 21.8 Å². The van der Waals surface area contributed by atoms with Crippen LogP contribution in [0.3, 0.4) is 0 Å². The van der Waals surface area contributed by atoms with Crippen LogP contribution < -0.4 is 15.4 Å². The quantitative estimate of drug-likeness (QED) is 0.525. The monoisotopic (exact) mass is 497 g/mol. The topological polar surface area (TPSA) is 104 Å². The van der Waals surface area contributed by atoms with Gasteiger partial charge in [-0.2, -0.15) is 31.1 Å². The Balaban J connectivity index is 2.21. The summed E-state index contributed by atoms with van der Waals surface area (Å²) < 4.78 is 105. The molecule has 2 aromatic rings. The Morgan fingerprint density at radius 2 is 1.30 bits per heavy atom. The van der Waals surface area contributed by atoms with Gasteiger partial charge in [-0.3, -0.25) is 9.59 Å². The number of anilines is 2. The summed E-state index contributed by atoms with van der Waals surface area (Å²) in [6, 6.07) is 3.75. The average Bonchev–Trinajstić information content (AvgIpc) is 2.66. The predicted octanol–water partition coefficient (Wildman–Crippen LogP) is 3.99. The highest BCUT2D eigenvalue weighted by atomic mass is 32.2. The molecule has 2 amide bonds. The fourth-order valence-corrected chi connectivity index (χ4v) is 3.76. The van der Waals surface area contributed by atoms with Gasteiger partial charge >= 0.3 is 12.4 Å². The number of amides is 2. The van der Waals surface area contributed by atoms with E-state index >= 15 is 0 Å². The molecule has 0 saturated heterocycles. The van der Waals surface area contributed by atoms with E-state index in [0.29, 0.717) is 17.8 Å². The highest BCUT2D eigenvalue weighted by Gasteiger charge is 2.37. The van der Waals surface area contributed by atoms with Crippen molar-refractivity contribution < 1.29 is 44.3 Å². The van der Waals surface area contributed by atoms with Crippen LogP contribution in [-0.4, -0.2) is 26.3 Å². The molecule has 2 aromatic carbocycles. The van der Waals surface area contributed by atoms with E-state index in [1.54, 1.807) is 0 Å². The first kappa shape index (κ1) is 26.1. The molecule has 0 aliphatic carbocycles. The van der Waals surface area contributed by atoms with Crippen LogP contribution in [0, 0.1) is 0 Å². The van der Waals surface area contributed by atoms with Crippen LogP contribution in [0.25, 0.3) is 0 Å². The first-order valence-electron chi connectivity index (χ1n) is 8.99. The number of hydrogen-bond donors (Lipinski definition) is 3. The van der Waals surface area contributed by atoms with Crippen molar-refractivity contribution in [2.45, 2.75) is 37.1 Å². The average molecular weight is 497 g/mol. The van der Waals surface area contributed by atoms with Crippen LogP contribution in [0.5, 0.6) is 0 Å². The molecule has 14 heteroatoms. The Hall–Kier alpha value is -3.13. The number of sulfonamides is 1. The van der Waals surface area contributed by atoms with Gasteiger partial charge in [0.25, 0.3) is 0 Å². The molecule has 0 unspecified atom stereocenters. The first-order chi connectivity index (χ1) is 15.0. The molecule has 1 atom stereocenters. The molecular weight excluding hydrogens is 480 g/mol. The van der Waals surface area contributed by atoms with Gasteiger partial charge in [-0.05, 0) is 49.4 Å². The largest absolute Gasteiger partial charge is 0.416 e. The maximum Gasteiger partial charge on any atom is 0.416 e. The zero-order valence-electron chi connectivity index (χ0n) is 16.9. The second-order valence-electron chi connectivity index (χ2n) is 6.83. The molecule has 0 heterocycles. The van der Waals surface area contributed by atoms with Crippen LogP contribution >= 0.6 is 0 Å². The second-order valence-corrected chi connectivity index (χ2v) is 8.55. The third kappa shape index (κ3) is 7.18. The third-order valence-electron chi connectivity index (χ3n) is 4.07. The van der Waals surface area contributed by atoms with Crippen molar-refractivity contribution in [3.63, 3.8) is 0 Å². The number of halogens is 6. The number of alkyl halides is 6.